The van der Waals surface area contributed by atoms with E-state index in [0.717, 1.165) is 28.1 Å². The Morgan fingerprint density at radius 1 is 1.03 bits per heavy atom. The quantitative estimate of drug-likeness (QED) is 0.620. The third-order valence-corrected chi connectivity index (χ3v) is 6.30. The lowest BCUT2D eigenvalue weighted by molar-refractivity contribution is -0.0745. The average Bonchev–Trinajstić information content (AvgIpc) is 3.25. The lowest BCUT2D eigenvalue weighted by Gasteiger charge is -2.43. The zero-order valence-electron chi connectivity index (χ0n) is 16.2. The normalized spacial score (nSPS) is 19.8. The molecule has 3 aromatic rings. The maximum Gasteiger partial charge on any atom is 0.169 e. The summed E-state index contributed by atoms with van der Waals surface area (Å²) in [6, 6.07) is 21.1. The van der Waals surface area contributed by atoms with Crippen LogP contribution in [0.2, 0.25) is 10.0 Å². The summed E-state index contributed by atoms with van der Waals surface area (Å²) in [5.41, 5.74) is 2.78. The fourth-order valence-corrected chi connectivity index (χ4v) is 4.63. The molecule has 0 aliphatic carbocycles. The minimum atomic E-state index is -1.12. The van der Waals surface area contributed by atoms with E-state index in [4.69, 9.17) is 27.9 Å². The van der Waals surface area contributed by atoms with Gasteiger partial charge in [0.25, 0.3) is 0 Å². The lowest BCUT2D eigenvalue weighted by Crippen LogP contribution is -2.53. The first-order valence-corrected chi connectivity index (χ1v) is 10.6. The summed E-state index contributed by atoms with van der Waals surface area (Å²) in [5, 5.41) is 12.9. The van der Waals surface area contributed by atoms with Crippen LogP contribution in [0.4, 0.5) is 0 Å². The number of amidine groups is 1. The third-order valence-electron chi connectivity index (χ3n) is 5.71. The highest BCUT2D eigenvalue weighted by atomic mass is 35.5. The van der Waals surface area contributed by atoms with Crippen molar-refractivity contribution < 1.29 is 9.84 Å². The number of aliphatic imine (C=N–C) groups is 1. The van der Waals surface area contributed by atoms with Gasteiger partial charge in [-0.25, -0.2) is 0 Å². The van der Waals surface area contributed by atoms with Crippen molar-refractivity contribution >= 4 is 29.0 Å². The number of benzene rings is 3. The molecule has 0 saturated carbocycles. The van der Waals surface area contributed by atoms with E-state index in [9.17, 15) is 5.11 Å². The van der Waals surface area contributed by atoms with E-state index in [0.29, 0.717) is 41.9 Å². The minimum Gasteiger partial charge on any atom is -0.489 e. The van der Waals surface area contributed by atoms with Crippen LogP contribution in [-0.4, -0.2) is 28.9 Å². The number of aliphatic hydroxyl groups is 1. The SMILES string of the molecule is OC1(c2ccc(OCc3ccc(Cl)cc3Cl)cc2)Cc2ccccc2C2=NCCN21. The van der Waals surface area contributed by atoms with Gasteiger partial charge in [-0.1, -0.05) is 65.7 Å². The van der Waals surface area contributed by atoms with Crippen LogP contribution in [-0.2, 0) is 18.8 Å². The second-order valence-electron chi connectivity index (χ2n) is 7.56. The van der Waals surface area contributed by atoms with Gasteiger partial charge >= 0.3 is 0 Å². The van der Waals surface area contributed by atoms with Crippen molar-refractivity contribution in [2.24, 2.45) is 4.99 Å². The van der Waals surface area contributed by atoms with Gasteiger partial charge in [0.2, 0.25) is 0 Å². The number of ether oxygens (including phenoxy) is 1. The van der Waals surface area contributed by atoms with Crippen molar-refractivity contribution in [1.29, 1.82) is 0 Å². The monoisotopic (exact) mass is 438 g/mol. The predicted octanol–water partition coefficient (Wildman–Crippen LogP) is 5.04. The van der Waals surface area contributed by atoms with Crippen molar-refractivity contribution in [3.8, 4) is 5.75 Å². The van der Waals surface area contributed by atoms with E-state index in [1.165, 1.54) is 0 Å². The summed E-state index contributed by atoms with van der Waals surface area (Å²) in [6.45, 7) is 1.73. The molecule has 1 N–H and O–H groups in total. The van der Waals surface area contributed by atoms with E-state index in [-0.39, 0.29) is 0 Å². The molecule has 3 aromatic carbocycles. The molecule has 1 unspecified atom stereocenters. The maximum atomic E-state index is 11.7. The van der Waals surface area contributed by atoms with Crippen LogP contribution < -0.4 is 4.74 Å². The van der Waals surface area contributed by atoms with Gasteiger partial charge in [-0.2, -0.15) is 0 Å². The van der Waals surface area contributed by atoms with Crippen LogP contribution in [0.25, 0.3) is 0 Å². The van der Waals surface area contributed by atoms with E-state index in [1.54, 1.807) is 12.1 Å². The molecule has 0 saturated heterocycles. The van der Waals surface area contributed by atoms with Gasteiger partial charge in [0, 0.05) is 39.7 Å². The first-order valence-electron chi connectivity index (χ1n) is 9.85. The highest BCUT2D eigenvalue weighted by molar-refractivity contribution is 6.35. The van der Waals surface area contributed by atoms with E-state index in [2.05, 4.69) is 17.1 Å². The molecule has 0 spiro atoms. The molecule has 6 heteroatoms. The molecule has 0 bridgehead atoms. The Morgan fingerprint density at radius 3 is 2.63 bits per heavy atom. The zero-order valence-corrected chi connectivity index (χ0v) is 17.7. The molecule has 4 nitrogen and oxygen atoms in total. The topological polar surface area (TPSA) is 45.1 Å². The van der Waals surface area contributed by atoms with Crippen LogP contribution in [0, 0.1) is 0 Å². The predicted molar refractivity (Wildman–Crippen MR) is 119 cm³/mol. The standard InChI is InChI=1S/C24H20Cl2N2O2/c25-19-8-5-17(22(26)13-19)15-30-20-9-6-18(7-10-20)24(29)14-16-3-1-2-4-21(16)23-27-11-12-28(23)24/h1-10,13,29H,11-12,14-15H2. The molecule has 2 aliphatic heterocycles. The number of hydrogen-bond acceptors (Lipinski definition) is 4. The maximum absolute atomic E-state index is 11.7. The zero-order chi connectivity index (χ0) is 20.7. The molecule has 2 heterocycles. The molecule has 30 heavy (non-hydrogen) atoms. The summed E-state index contributed by atoms with van der Waals surface area (Å²) in [7, 11) is 0. The summed E-state index contributed by atoms with van der Waals surface area (Å²) in [6.07, 6.45) is 0.517. The van der Waals surface area contributed by atoms with Crippen LogP contribution in [0.5, 0.6) is 5.75 Å². The molecule has 0 aromatic heterocycles. The van der Waals surface area contributed by atoms with Gasteiger partial charge in [0.1, 0.15) is 18.2 Å². The molecule has 5 rings (SSSR count). The summed E-state index contributed by atoms with van der Waals surface area (Å²) < 4.78 is 5.88. The molecule has 2 aliphatic rings. The van der Waals surface area contributed by atoms with Gasteiger partial charge in [-0.3, -0.25) is 4.99 Å². The van der Waals surface area contributed by atoms with Crippen molar-refractivity contribution in [3.63, 3.8) is 0 Å². The molecule has 0 fully saturated rings. The number of nitrogens with zero attached hydrogens (tertiary/aromatic N) is 2. The third kappa shape index (κ3) is 3.35. The van der Waals surface area contributed by atoms with E-state index < -0.39 is 5.72 Å². The van der Waals surface area contributed by atoms with Gasteiger partial charge in [0.15, 0.2) is 5.72 Å². The van der Waals surface area contributed by atoms with Crippen molar-refractivity contribution in [2.75, 3.05) is 13.1 Å². The average molecular weight is 439 g/mol. The highest BCUT2D eigenvalue weighted by Crippen LogP contribution is 2.39. The van der Waals surface area contributed by atoms with Gasteiger partial charge in [-0.15, -0.1) is 0 Å². The first kappa shape index (κ1) is 19.4. The van der Waals surface area contributed by atoms with E-state index >= 15 is 0 Å². The van der Waals surface area contributed by atoms with Crippen LogP contribution in [0.3, 0.4) is 0 Å². The highest BCUT2D eigenvalue weighted by Gasteiger charge is 2.44. The van der Waals surface area contributed by atoms with Gasteiger partial charge in [-0.05, 0) is 29.8 Å². The Morgan fingerprint density at radius 2 is 1.83 bits per heavy atom. The van der Waals surface area contributed by atoms with Crippen LogP contribution in [0.15, 0.2) is 71.7 Å². The van der Waals surface area contributed by atoms with Crippen LogP contribution in [0.1, 0.15) is 22.3 Å². The van der Waals surface area contributed by atoms with Gasteiger partial charge < -0.3 is 14.7 Å². The molecule has 0 radical (unpaired) electrons. The van der Waals surface area contributed by atoms with Crippen molar-refractivity contribution in [3.05, 3.63) is 99.0 Å². The molecule has 0 amide bonds. The number of halogens is 2. The molecule has 152 valence electrons. The Labute approximate surface area is 185 Å². The van der Waals surface area contributed by atoms with Gasteiger partial charge in [0.05, 0.1) is 6.54 Å². The summed E-state index contributed by atoms with van der Waals surface area (Å²) in [4.78, 5) is 6.66. The molecular weight excluding hydrogens is 419 g/mol. The Kier molecular flexibility index (Phi) is 4.94. The lowest BCUT2D eigenvalue weighted by atomic mass is 9.86. The van der Waals surface area contributed by atoms with Crippen LogP contribution >= 0.6 is 23.2 Å². The number of fused-ring (bicyclic) bond motifs is 3. The second-order valence-corrected chi connectivity index (χ2v) is 8.40. The Bertz CT molecular complexity index is 1130. The Balaban J connectivity index is 1.38. The van der Waals surface area contributed by atoms with Crippen molar-refractivity contribution in [2.45, 2.75) is 18.8 Å². The van der Waals surface area contributed by atoms with E-state index in [1.807, 2.05) is 47.4 Å². The fourth-order valence-electron chi connectivity index (χ4n) is 4.17. The number of hydrogen-bond donors (Lipinski definition) is 1. The first-order chi connectivity index (χ1) is 14.5. The Hall–Kier alpha value is -2.53. The van der Waals surface area contributed by atoms with Crippen molar-refractivity contribution in [1.82, 2.24) is 4.90 Å². The summed E-state index contributed by atoms with van der Waals surface area (Å²) in [5.74, 6) is 1.58. The fraction of sp³-hybridized carbons (Fsp3) is 0.208. The second kappa shape index (κ2) is 7.62. The minimum absolute atomic E-state index is 0.343. The molecular formula is C24H20Cl2N2O2. The summed E-state index contributed by atoms with van der Waals surface area (Å²) >= 11 is 12.2. The largest absolute Gasteiger partial charge is 0.489 e. The molecule has 1 atom stereocenters. The number of rotatable bonds is 4. The smallest absolute Gasteiger partial charge is 0.169 e.